The van der Waals surface area contributed by atoms with E-state index < -0.39 is 0 Å². The van der Waals surface area contributed by atoms with Crippen molar-refractivity contribution in [2.75, 3.05) is 0 Å². The summed E-state index contributed by atoms with van der Waals surface area (Å²) in [5.74, 6) is 2.97. The summed E-state index contributed by atoms with van der Waals surface area (Å²) in [7, 11) is 0. The maximum atomic E-state index is 6.55. The fraction of sp³-hybridized carbons (Fsp3) is 0.714. The number of fused-ring (bicyclic) bond motifs is 2. The Bertz CT molecular complexity index is 371. The summed E-state index contributed by atoms with van der Waals surface area (Å²) in [5, 5.41) is 0.267. The predicted molar refractivity (Wildman–Crippen MR) is 71.2 cm³/mol. The zero-order chi connectivity index (χ0) is 11.1. The van der Waals surface area contributed by atoms with E-state index in [9.17, 15) is 0 Å². The van der Waals surface area contributed by atoms with Crippen LogP contribution in [0.25, 0.3) is 0 Å². The van der Waals surface area contributed by atoms with Crippen molar-refractivity contribution in [2.45, 2.75) is 44.4 Å². The second-order valence-electron chi connectivity index (χ2n) is 5.59. The molecule has 1 heterocycles. The van der Waals surface area contributed by atoms with E-state index in [4.69, 9.17) is 11.6 Å². The quantitative estimate of drug-likeness (QED) is 0.654. The maximum absolute atomic E-state index is 6.55. The Balaban J connectivity index is 1.62. The highest BCUT2D eigenvalue weighted by Crippen LogP contribution is 2.51. The molecule has 0 nitrogen and oxygen atoms in total. The van der Waals surface area contributed by atoms with E-state index in [2.05, 4.69) is 19.1 Å². The van der Waals surface area contributed by atoms with Crippen LogP contribution in [-0.2, 0) is 0 Å². The van der Waals surface area contributed by atoms with Crippen molar-refractivity contribution in [1.29, 1.82) is 0 Å². The topological polar surface area (TPSA) is 0 Å². The van der Waals surface area contributed by atoms with Gasteiger partial charge in [0.05, 0.1) is 5.38 Å². The minimum atomic E-state index is 0.267. The largest absolute Gasteiger partial charge is 0.144 e. The van der Waals surface area contributed by atoms with Crippen LogP contribution in [-0.4, -0.2) is 0 Å². The van der Waals surface area contributed by atoms with E-state index in [1.165, 1.54) is 41.9 Å². The third kappa shape index (κ3) is 2.04. The van der Waals surface area contributed by atoms with Gasteiger partial charge >= 0.3 is 0 Å². The van der Waals surface area contributed by atoms with Crippen molar-refractivity contribution in [3.8, 4) is 0 Å². The summed E-state index contributed by atoms with van der Waals surface area (Å²) in [6, 6.07) is 4.40. The summed E-state index contributed by atoms with van der Waals surface area (Å²) >= 11 is 8.41. The lowest BCUT2D eigenvalue weighted by Crippen LogP contribution is -2.12. The molecule has 4 atom stereocenters. The molecule has 0 saturated heterocycles. The van der Waals surface area contributed by atoms with Crippen LogP contribution in [0.3, 0.4) is 0 Å². The standard InChI is InChI=1S/C14H19ClS/c1-9-2-5-14(16-9)13(15)8-12-7-10-3-4-11(12)6-10/h2,5,10-13H,3-4,6-8H2,1H3. The summed E-state index contributed by atoms with van der Waals surface area (Å²) in [5.41, 5.74) is 0. The number of hydrogen-bond acceptors (Lipinski definition) is 1. The molecule has 2 aliphatic carbocycles. The van der Waals surface area contributed by atoms with E-state index in [1.807, 2.05) is 11.3 Å². The first-order valence-corrected chi connectivity index (χ1v) is 7.68. The van der Waals surface area contributed by atoms with Crippen LogP contribution in [0, 0.1) is 24.7 Å². The van der Waals surface area contributed by atoms with Crippen molar-refractivity contribution in [2.24, 2.45) is 17.8 Å². The Morgan fingerprint density at radius 3 is 2.81 bits per heavy atom. The molecular formula is C14H19ClS. The van der Waals surface area contributed by atoms with Gasteiger partial charge in [-0.2, -0.15) is 0 Å². The number of hydrogen-bond donors (Lipinski definition) is 0. The summed E-state index contributed by atoms with van der Waals surface area (Å²) in [6.45, 7) is 2.16. The van der Waals surface area contributed by atoms with Gasteiger partial charge in [0, 0.05) is 9.75 Å². The van der Waals surface area contributed by atoms with E-state index in [-0.39, 0.29) is 5.38 Å². The minimum absolute atomic E-state index is 0.267. The van der Waals surface area contributed by atoms with E-state index in [1.54, 1.807) is 0 Å². The monoisotopic (exact) mass is 254 g/mol. The Kier molecular flexibility index (Phi) is 3.01. The number of aryl methyl sites for hydroxylation is 1. The molecule has 2 heteroatoms. The molecule has 0 spiro atoms. The molecule has 16 heavy (non-hydrogen) atoms. The maximum Gasteiger partial charge on any atom is 0.0681 e. The molecule has 0 aliphatic heterocycles. The smallest absolute Gasteiger partial charge is 0.0681 e. The van der Waals surface area contributed by atoms with Gasteiger partial charge in [-0.15, -0.1) is 22.9 Å². The van der Waals surface area contributed by atoms with Crippen LogP contribution >= 0.6 is 22.9 Å². The second-order valence-corrected chi connectivity index (χ2v) is 7.43. The van der Waals surface area contributed by atoms with Crippen LogP contribution in [0.5, 0.6) is 0 Å². The molecule has 4 unspecified atom stereocenters. The van der Waals surface area contributed by atoms with Gasteiger partial charge < -0.3 is 0 Å². The molecule has 2 saturated carbocycles. The fourth-order valence-corrected chi connectivity index (χ4v) is 4.97. The number of rotatable bonds is 3. The van der Waals surface area contributed by atoms with E-state index in [0.29, 0.717) is 0 Å². The average molecular weight is 255 g/mol. The lowest BCUT2D eigenvalue weighted by atomic mass is 9.85. The molecule has 1 aromatic heterocycles. The molecular weight excluding hydrogens is 236 g/mol. The molecule has 0 aromatic carbocycles. The van der Waals surface area contributed by atoms with E-state index >= 15 is 0 Å². The molecule has 0 N–H and O–H groups in total. The highest BCUT2D eigenvalue weighted by atomic mass is 35.5. The van der Waals surface area contributed by atoms with Crippen LogP contribution < -0.4 is 0 Å². The normalized spacial score (nSPS) is 34.5. The first-order chi connectivity index (χ1) is 7.72. The lowest BCUT2D eigenvalue weighted by molar-refractivity contribution is 0.312. The summed E-state index contributed by atoms with van der Waals surface area (Å²) < 4.78 is 0. The predicted octanol–water partition coefficient (Wildman–Crippen LogP) is 5.16. The first-order valence-electron chi connectivity index (χ1n) is 6.43. The van der Waals surface area contributed by atoms with Gasteiger partial charge in [0.25, 0.3) is 0 Å². The van der Waals surface area contributed by atoms with Gasteiger partial charge in [-0.25, -0.2) is 0 Å². The van der Waals surface area contributed by atoms with Crippen molar-refractivity contribution in [1.82, 2.24) is 0 Å². The van der Waals surface area contributed by atoms with Crippen LogP contribution in [0.2, 0.25) is 0 Å². The summed E-state index contributed by atoms with van der Waals surface area (Å²) in [4.78, 5) is 2.76. The molecule has 2 bridgehead atoms. The third-order valence-corrected chi connectivity index (χ3v) is 6.12. The van der Waals surface area contributed by atoms with Crippen LogP contribution in [0.4, 0.5) is 0 Å². The number of alkyl halides is 1. The van der Waals surface area contributed by atoms with Crippen molar-refractivity contribution >= 4 is 22.9 Å². The summed E-state index contributed by atoms with van der Waals surface area (Å²) in [6.07, 6.45) is 7.13. The van der Waals surface area contributed by atoms with Crippen molar-refractivity contribution < 1.29 is 0 Å². The third-order valence-electron chi connectivity index (χ3n) is 4.46. The Morgan fingerprint density at radius 2 is 2.25 bits per heavy atom. The second kappa shape index (κ2) is 4.34. The molecule has 2 fully saturated rings. The molecule has 0 amide bonds. The van der Waals surface area contributed by atoms with Gasteiger partial charge in [0.2, 0.25) is 0 Å². The zero-order valence-electron chi connectivity index (χ0n) is 9.79. The Morgan fingerprint density at radius 1 is 1.38 bits per heavy atom. The minimum Gasteiger partial charge on any atom is -0.144 e. The molecule has 2 aliphatic rings. The van der Waals surface area contributed by atoms with Gasteiger partial charge in [-0.05, 0) is 62.5 Å². The molecule has 1 aromatic rings. The SMILES string of the molecule is Cc1ccc(C(Cl)CC2CC3CCC2C3)s1. The fourth-order valence-electron chi connectivity index (χ4n) is 3.67. The number of halogens is 1. The van der Waals surface area contributed by atoms with E-state index in [0.717, 1.165) is 17.8 Å². The van der Waals surface area contributed by atoms with Gasteiger partial charge in [0.1, 0.15) is 0 Å². The molecule has 88 valence electrons. The van der Waals surface area contributed by atoms with Crippen LogP contribution in [0.15, 0.2) is 12.1 Å². The molecule has 3 rings (SSSR count). The molecule has 0 radical (unpaired) electrons. The van der Waals surface area contributed by atoms with Gasteiger partial charge in [-0.3, -0.25) is 0 Å². The van der Waals surface area contributed by atoms with Crippen molar-refractivity contribution in [3.63, 3.8) is 0 Å². The number of thiophene rings is 1. The zero-order valence-corrected chi connectivity index (χ0v) is 11.4. The highest BCUT2D eigenvalue weighted by molar-refractivity contribution is 7.12. The van der Waals surface area contributed by atoms with Crippen molar-refractivity contribution in [3.05, 3.63) is 21.9 Å². The lowest BCUT2D eigenvalue weighted by Gasteiger charge is -2.23. The van der Waals surface area contributed by atoms with Gasteiger partial charge in [-0.1, -0.05) is 6.42 Å². The first kappa shape index (κ1) is 11.1. The average Bonchev–Trinajstić information content (AvgIpc) is 2.92. The Hall–Kier alpha value is -0.0100. The van der Waals surface area contributed by atoms with Crippen LogP contribution in [0.1, 0.15) is 47.2 Å². The van der Waals surface area contributed by atoms with Gasteiger partial charge in [0.15, 0.2) is 0 Å². The Labute approximate surface area is 107 Å². The highest BCUT2D eigenvalue weighted by Gasteiger charge is 2.40.